The third-order valence-corrected chi connectivity index (χ3v) is 2.13. The molecule has 6 heteroatoms. The van der Waals surface area contributed by atoms with Crippen LogP contribution in [0, 0.1) is 0 Å². The molecule has 2 rings (SSSR count). The van der Waals surface area contributed by atoms with E-state index in [1.807, 2.05) is 0 Å². The number of nitrogens with zero attached hydrogens (tertiary/aromatic N) is 1. The summed E-state index contributed by atoms with van der Waals surface area (Å²) in [6.45, 7) is 0. The molecule has 2 aliphatic rings. The molecule has 0 aromatic heterocycles. The van der Waals surface area contributed by atoms with Crippen LogP contribution in [0.15, 0.2) is 5.16 Å². The fourth-order valence-corrected chi connectivity index (χ4v) is 1.17. The Hall–Kier alpha value is -1.59. The van der Waals surface area contributed by atoms with Crippen molar-refractivity contribution in [2.45, 2.75) is 31.4 Å². The first-order chi connectivity index (χ1) is 6.66. The third-order valence-electron chi connectivity index (χ3n) is 2.13. The minimum absolute atomic E-state index is 0.0495. The van der Waals surface area contributed by atoms with Gasteiger partial charge in [-0.25, -0.2) is 4.79 Å². The molecule has 0 saturated heterocycles. The highest BCUT2D eigenvalue weighted by atomic mass is 16.6. The van der Waals surface area contributed by atoms with Crippen LogP contribution in [0.5, 0.6) is 0 Å². The summed E-state index contributed by atoms with van der Waals surface area (Å²) < 4.78 is 0. The van der Waals surface area contributed by atoms with E-state index in [1.165, 1.54) is 0 Å². The molecule has 14 heavy (non-hydrogen) atoms. The van der Waals surface area contributed by atoms with E-state index in [0.717, 1.165) is 12.8 Å². The zero-order chi connectivity index (χ0) is 10.1. The second-order valence-electron chi connectivity index (χ2n) is 3.42. The van der Waals surface area contributed by atoms with Gasteiger partial charge in [0.05, 0.1) is 0 Å². The van der Waals surface area contributed by atoms with Crippen molar-refractivity contribution in [1.29, 1.82) is 0 Å². The number of carbonyl (C=O) groups is 2. The fourth-order valence-electron chi connectivity index (χ4n) is 1.17. The van der Waals surface area contributed by atoms with Crippen LogP contribution in [0.1, 0.15) is 19.3 Å². The van der Waals surface area contributed by atoms with Crippen LogP contribution in [-0.2, 0) is 14.4 Å². The van der Waals surface area contributed by atoms with Gasteiger partial charge in [-0.15, -0.1) is 0 Å². The molecule has 1 unspecified atom stereocenters. The van der Waals surface area contributed by atoms with Crippen molar-refractivity contribution in [3.63, 3.8) is 0 Å². The van der Waals surface area contributed by atoms with Gasteiger partial charge in [-0.05, 0) is 12.8 Å². The van der Waals surface area contributed by atoms with Gasteiger partial charge in [-0.1, -0.05) is 5.16 Å². The number of amides is 1. The number of carboxylic acid groups (broad SMARTS) is 1. The van der Waals surface area contributed by atoms with Gasteiger partial charge >= 0.3 is 5.97 Å². The quantitative estimate of drug-likeness (QED) is 0.639. The molecule has 0 spiro atoms. The lowest BCUT2D eigenvalue weighted by Crippen LogP contribution is -2.36. The van der Waals surface area contributed by atoms with E-state index >= 15 is 0 Å². The van der Waals surface area contributed by atoms with Crippen molar-refractivity contribution in [2.75, 3.05) is 0 Å². The highest BCUT2D eigenvalue weighted by Gasteiger charge is 2.34. The molecule has 0 radical (unpaired) electrons. The minimum atomic E-state index is -1.13. The molecule has 1 atom stereocenters. The summed E-state index contributed by atoms with van der Waals surface area (Å²) in [6, 6.07) is 0.250. The number of oxime groups is 1. The molecule has 1 saturated carbocycles. The van der Waals surface area contributed by atoms with Crippen molar-refractivity contribution in [3.8, 4) is 0 Å². The summed E-state index contributed by atoms with van der Waals surface area (Å²) in [6.07, 6.45) is 1.27. The lowest BCUT2D eigenvalue weighted by Gasteiger charge is -2.07. The molecule has 1 aliphatic heterocycles. The molecule has 1 aliphatic carbocycles. The van der Waals surface area contributed by atoms with Gasteiger partial charge in [0.15, 0.2) is 5.71 Å². The first-order valence-electron chi connectivity index (χ1n) is 4.43. The Labute approximate surface area is 79.9 Å². The maximum atomic E-state index is 11.4. The van der Waals surface area contributed by atoms with Crippen LogP contribution in [-0.4, -0.2) is 34.8 Å². The number of hydrogen-bond acceptors (Lipinski definition) is 4. The first kappa shape index (κ1) is 8.98. The van der Waals surface area contributed by atoms with Crippen LogP contribution in [0.2, 0.25) is 0 Å². The Kier molecular flexibility index (Phi) is 2.11. The van der Waals surface area contributed by atoms with Crippen molar-refractivity contribution >= 4 is 17.6 Å². The Morgan fingerprint density at radius 1 is 1.50 bits per heavy atom. The number of aliphatic carboxylic acids is 1. The number of carbonyl (C=O) groups excluding carboxylic acids is 1. The van der Waals surface area contributed by atoms with Crippen LogP contribution in [0.4, 0.5) is 0 Å². The van der Waals surface area contributed by atoms with E-state index in [-0.39, 0.29) is 24.1 Å². The standard InChI is InChI=1S/C8H10N2O4/c11-7(9-4-1-2-4)6-3-5(8(12)13)10-14-6/h4,6H,1-3H2,(H,9,11)(H,12,13). The van der Waals surface area contributed by atoms with E-state index in [9.17, 15) is 9.59 Å². The van der Waals surface area contributed by atoms with Gasteiger partial charge in [0.25, 0.3) is 5.91 Å². The third kappa shape index (κ3) is 1.84. The van der Waals surface area contributed by atoms with Gasteiger partial charge in [0, 0.05) is 12.5 Å². The predicted octanol–water partition coefficient (Wildman–Crippen LogP) is -0.506. The summed E-state index contributed by atoms with van der Waals surface area (Å²) in [7, 11) is 0. The van der Waals surface area contributed by atoms with E-state index in [4.69, 9.17) is 9.94 Å². The molecule has 0 aromatic carbocycles. The smallest absolute Gasteiger partial charge is 0.353 e. The average Bonchev–Trinajstić information content (AvgIpc) is 2.81. The van der Waals surface area contributed by atoms with Crippen LogP contribution >= 0.6 is 0 Å². The zero-order valence-corrected chi connectivity index (χ0v) is 7.40. The zero-order valence-electron chi connectivity index (χ0n) is 7.40. The van der Waals surface area contributed by atoms with Crippen molar-refractivity contribution in [3.05, 3.63) is 0 Å². The predicted molar refractivity (Wildman–Crippen MR) is 45.7 cm³/mol. The SMILES string of the molecule is O=C(O)C1=NOC(C(=O)NC2CC2)C1. The van der Waals surface area contributed by atoms with Crippen molar-refractivity contribution in [1.82, 2.24) is 5.32 Å². The molecule has 1 amide bonds. The average molecular weight is 198 g/mol. The topological polar surface area (TPSA) is 88.0 Å². The largest absolute Gasteiger partial charge is 0.477 e. The van der Waals surface area contributed by atoms with Gasteiger partial charge in [0.2, 0.25) is 6.10 Å². The molecular formula is C8H10N2O4. The minimum Gasteiger partial charge on any atom is -0.477 e. The van der Waals surface area contributed by atoms with E-state index in [2.05, 4.69) is 10.5 Å². The van der Waals surface area contributed by atoms with Crippen molar-refractivity contribution < 1.29 is 19.5 Å². The molecule has 76 valence electrons. The van der Waals surface area contributed by atoms with Gasteiger partial charge in [-0.2, -0.15) is 0 Å². The molecule has 1 heterocycles. The monoisotopic (exact) mass is 198 g/mol. The second-order valence-corrected chi connectivity index (χ2v) is 3.42. The molecule has 0 aromatic rings. The molecule has 1 fully saturated rings. The number of hydrogen-bond donors (Lipinski definition) is 2. The molecule has 6 nitrogen and oxygen atoms in total. The number of carboxylic acids is 1. The van der Waals surface area contributed by atoms with E-state index < -0.39 is 12.1 Å². The fraction of sp³-hybridized carbons (Fsp3) is 0.625. The Morgan fingerprint density at radius 3 is 2.71 bits per heavy atom. The maximum absolute atomic E-state index is 11.4. The maximum Gasteiger partial charge on any atom is 0.353 e. The number of rotatable bonds is 3. The second kappa shape index (κ2) is 3.28. The summed E-state index contributed by atoms with van der Waals surface area (Å²) in [4.78, 5) is 26.5. The highest BCUT2D eigenvalue weighted by Crippen LogP contribution is 2.20. The summed E-state index contributed by atoms with van der Waals surface area (Å²) in [5.74, 6) is -1.40. The van der Waals surface area contributed by atoms with E-state index in [1.54, 1.807) is 0 Å². The lowest BCUT2D eigenvalue weighted by atomic mass is 10.2. The normalized spacial score (nSPS) is 25.1. The van der Waals surface area contributed by atoms with Crippen LogP contribution in [0.25, 0.3) is 0 Å². The van der Waals surface area contributed by atoms with Gasteiger partial charge in [-0.3, -0.25) is 4.79 Å². The Morgan fingerprint density at radius 2 is 2.21 bits per heavy atom. The summed E-state index contributed by atoms with van der Waals surface area (Å²) >= 11 is 0. The first-order valence-corrected chi connectivity index (χ1v) is 4.43. The van der Waals surface area contributed by atoms with Gasteiger partial charge in [0.1, 0.15) is 0 Å². The van der Waals surface area contributed by atoms with Gasteiger partial charge < -0.3 is 15.3 Å². The Balaban J connectivity index is 1.84. The highest BCUT2D eigenvalue weighted by molar-refractivity contribution is 6.36. The summed E-state index contributed by atoms with van der Waals surface area (Å²) in [5.41, 5.74) is -0.0963. The van der Waals surface area contributed by atoms with Crippen molar-refractivity contribution in [2.24, 2.45) is 5.16 Å². The van der Waals surface area contributed by atoms with Crippen LogP contribution < -0.4 is 5.32 Å². The molecule has 2 N–H and O–H groups in total. The van der Waals surface area contributed by atoms with E-state index in [0.29, 0.717) is 0 Å². The molecule has 0 bridgehead atoms. The van der Waals surface area contributed by atoms with Crippen LogP contribution in [0.3, 0.4) is 0 Å². The Bertz CT molecular complexity index is 308. The lowest BCUT2D eigenvalue weighted by molar-refractivity contribution is -0.131. The molecular weight excluding hydrogens is 188 g/mol. The summed E-state index contributed by atoms with van der Waals surface area (Å²) in [5, 5.41) is 14.6. The number of nitrogens with one attached hydrogen (secondary N) is 1.